The van der Waals surface area contributed by atoms with Gasteiger partial charge in [-0.15, -0.1) is 0 Å². The Labute approximate surface area is 123 Å². The number of carbonyl (C=O) groups excluding carboxylic acids is 1. The van der Waals surface area contributed by atoms with Crippen LogP contribution in [0.3, 0.4) is 0 Å². The molecule has 0 saturated heterocycles. The van der Waals surface area contributed by atoms with Gasteiger partial charge in [0.15, 0.2) is 6.79 Å². The first kappa shape index (κ1) is 17.2. The summed E-state index contributed by atoms with van der Waals surface area (Å²) in [5.74, 6) is 1.17. The zero-order chi connectivity index (χ0) is 14.6. The lowest BCUT2D eigenvalue weighted by Crippen LogP contribution is -2.16. The summed E-state index contributed by atoms with van der Waals surface area (Å²) < 4.78 is 10.2. The molecule has 0 aromatic carbocycles. The number of carbonyl (C=O) groups is 1. The molecule has 0 bridgehead atoms. The SMILES string of the molecule is C=C(CC1CCCCCCCCCCC1=O)OCOC. The lowest BCUT2D eigenvalue weighted by Gasteiger charge is -2.18. The van der Waals surface area contributed by atoms with Crippen molar-refractivity contribution in [3.63, 3.8) is 0 Å². The standard InChI is InChI=1S/C17H30O3/c1-15(20-14-19-2)13-16-11-9-7-5-3-4-6-8-10-12-17(16)18/h16H,1,3-14H2,2H3. The van der Waals surface area contributed by atoms with E-state index in [1.54, 1.807) is 7.11 Å². The van der Waals surface area contributed by atoms with Gasteiger partial charge in [-0.2, -0.15) is 0 Å². The van der Waals surface area contributed by atoms with Crippen LogP contribution in [-0.2, 0) is 14.3 Å². The quantitative estimate of drug-likeness (QED) is 0.545. The Bertz CT molecular complexity index is 286. The van der Waals surface area contributed by atoms with Crippen molar-refractivity contribution in [2.24, 2.45) is 5.92 Å². The Morgan fingerprint density at radius 3 is 2.35 bits per heavy atom. The minimum absolute atomic E-state index is 0.0961. The van der Waals surface area contributed by atoms with Crippen LogP contribution in [0.4, 0.5) is 0 Å². The van der Waals surface area contributed by atoms with Crippen molar-refractivity contribution in [2.75, 3.05) is 13.9 Å². The molecule has 3 nitrogen and oxygen atoms in total. The molecule has 1 fully saturated rings. The monoisotopic (exact) mass is 282 g/mol. The molecule has 0 spiro atoms. The minimum Gasteiger partial charge on any atom is -0.473 e. The molecule has 0 aromatic heterocycles. The molecule has 0 N–H and O–H groups in total. The molecule has 1 saturated carbocycles. The van der Waals surface area contributed by atoms with Crippen LogP contribution in [0.25, 0.3) is 0 Å². The molecular formula is C17H30O3. The van der Waals surface area contributed by atoms with Crippen molar-refractivity contribution in [3.05, 3.63) is 12.3 Å². The van der Waals surface area contributed by atoms with Crippen LogP contribution in [0.15, 0.2) is 12.3 Å². The number of methoxy groups -OCH3 is 1. The molecule has 1 aliphatic carbocycles. The first-order chi connectivity index (χ1) is 9.74. The summed E-state index contributed by atoms with van der Waals surface area (Å²) >= 11 is 0. The van der Waals surface area contributed by atoms with E-state index in [9.17, 15) is 4.79 Å². The van der Waals surface area contributed by atoms with Crippen LogP contribution < -0.4 is 0 Å². The van der Waals surface area contributed by atoms with E-state index in [1.165, 1.54) is 38.5 Å². The smallest absolute Gasteiger partial charge is 0.188 e. The van der Waals surface area contributed by atoms with Crippen LogP contribution >= 0.6 is 0 Å². The number of Topliss-reactive ketones (excluding diaryl/α,β-unsaturated/α-hetero) is 1. The molecule has 1 rings (SSSR count). The largest absolute Gasteiger partial charge is 0.473 e. The molecule has 0 aliphatic heterocycles. The zero-order valence-corrected chi connectivity index (χ0v) is 13.0. The van der Waals surface area contributed by atoms with E-state index in [0.717, 1.165) is 25.7 Å². The van der Waals surface area contributed by atoms with Crippen molar-refractivity contribution in [3.8, 4) is 0 Å². The highest BCUT2D eigenvalue weighted by Crippen LogP contribution is 2.23. The number of ketones is 1. The van der Waals surface area contributed by atoms with E-state index in [2.05, 4.69) is 6.58 Å². The number of rotatable bonds is 5. The second-order valence-corrected chi connectivity index (χ2v) is 5.82. The molecular weight excluding hydrogens is 252 g/mol. The molecule has 0 aromatic rings. The average Bonchev–Trinajstić information content (AvgIpc) is 2.43. The van der Waals surface area contributed by atoms with Crippen LogP contribution in [0.2, 0.25) is 0 Å². The summed E-state index contributed by atoms with van der Waals surface area (Å²) in [5, 5.41) is 0. The first-order valence-corrected chi connectivity index (χ1v) is 8.06. The Morgan fingerprint density at radius 1 is 1.10 bits per heavy atom. The van der Waals surface area contributed by atoms with Gasteiger partial charge in [0.05, 0.1) is 5.76 Å². The highest BCUT2D eigenvalue weighted by atomic mass is 16.7. The van der Waals surface area contributed by atoms with E-state index in [4.69, 9.17) is 9.47 Å². The topological polar surface area (TPSA) is 35.5 Å². The van der Waals surface area contributed by atoms with Crippen LogP contribution in [0.1, 0.15) is 70.6 Å². The normalized spacial score (nSPS) is 22.6. The molecule has 1 unspecified atom stereocenters. The Morgan fingerprint density at radius 2 is 1.70 bits per heavy atom. The summed E-state index contributed by atoms with van der Waals surface area (Å²) in [6, 6.07) is 0. The second-order valence-electron chi connectivity index (χ2n) is 5.82. The number of ether oxygens (including phenoxy) is 2. The van der Waals surface area contributed by atoms with Crippen LogP contribution in [-0.4, -0.2) is 19.7 Å². The van der Waals surface area contributed by atoms with Gasteiger partial charge >= 0.3 is 0 Å². The van der Waals surface area contributed by atoms with E-state index >= 15 is 0 Å². The van der Waals surface area contributed by atoms with Gasteiger partial charge in [-0.05, 0) is 12.8 Å². The van der Waals surface area contributed by atoms with Crippen molar-refractivity contribution >= 4 is 5.78 Å². The summed E-state index contributed by atoms with van der Waals surface area (Å²) in [6.07, 6.45) is 12.3. The Hall–Kier alpha value is -0.830. The number of allylic oxidation sites excluding steroid dienone is 1. The van der Waals surface area contributed by atoms with Gasteiger partial charge in [0.2, 0.25) is 0 Å². The lowest BCUT2D eigenvalue weighted by atomic mass is 9.89. The van der Waals surface area contributed by atoms with E-state index < -0.39 is 0 Å². The number of hydrogen-bond acceptors (Lipinski definition) is 3. The van der Waals surface area contributed by atoms with E-state index in [1.807, 2.05) is 0 Å². The van der Waals surface area contributed by atoms with Crippen molar-refractivity contribution in [2.45, 2.75) is 70.6 Å². The predicted octanol–water partition coefficient (Wildman–Crippen LogP) is 4.61. The van der Waals surface area contributed by atoms with Gasteiger partial charge < -0.3 is 9.47 Å². The third-order valence-corrected chi connectivity index (χ3v) is 4.04. The highest BCUT2D eigenvalue weighted by molar-refractivity contribution is 5.81. The van der Waals surface area contributed by atoms with E-state index in [0.29, 0.717) is 18.0 Å². The van der Waals surface area contributed by atoms with Gasteiger partial charge in [0.1, 0.15) is 5.78 Å². The lowest BCUT2D eigenvalue weighted by molar-refractivity contribution is -0.123. The third kappa shape index (κ3) is 7.68. The second kappa shape index (κ2) is 10.9. The van der Waals surface area contributed by atoms with Gasteiger partial charge in [-0.1, -0.05) is 51.5 Å². The summed E-state index contributed by atoms with van der Waals surface area (Å²) in [5.41, 5.74) is 0. The summed E-state index contributed by atoms with van der Waals surface area (Å²) in [6.45, 7) is 4.12. The van der Waals surface area contributed by atoms with Crippen molar-refractivity contribution < 1.29 is 14.3 Å². The van der Waals surface area contributed by atoms with Gasteiger partial charge in [0, 0.05) is 25.9 Å². The molecule has 116 valence electrons. The van der Waals surface area contributed by atoms with Crippen LogP contribution in [0, 0.1) is 5.92 Å². The van der Waals surface area contributed by atoms with E-state index in [-0.39, 0.29) is 12.7 Å². The molecule has 3 heteroatoms. The average molecular weight is 282 g/mol. The Kier molecular flexibility index (Phi) is 9.38. The van der Waals surface area contributed by atoms with Crippen molar-refractivity contribution in [1.82, 2.24) is 0 Å². The summed E-state index contributed by atoms with van der Waals surface area (Å²) in [7, 11) is 1.59. The van der Waals surface area contributed by atoms with Crippen LogP contribution in [0.5, 0.6) is 0 Å². The fraction of sp³-hybridized carbons (Fsp3) is 0.824. The highest BCUT2D eigenvalue weighted by Gasteiger charge is 2.19. The maximum atomic E-state index is 12.3. The minimum atomic E-state index is 0.0961. The zero-order valence-electron chi connectivity index (χ0n) is 13.0. The fourth-order valence-corrected chi connectivity index (χ4v) is 2.81. The maximum absolute atomic E-state index is 12.3. The van der Waals surface area contributed by atoms with Gasteiger partial charge in [-0.3, -0.25) is 4.79 Å². The molecule has 1 aliphatic rings. The molecule has 0 amide bonds. The summed E-state index contributed by atoms with van der Waals surface area (Å²) in [4.78, 5) is 12.3. The predicted molar refractivity (Wildman–Crippen MR) is 81.4 cm³/mol. The molecule has 20 heavy (non-hydrogen) atoms. The van der Waals surface area contributed by atoms with Gasteiger partial charge in [-0.25, -0.2) is 0 Å². The first-order valence-electron chi connectivity index (χ1n) is 8.06. The maximum Gasteiger partial charge on any atom is 0.188 e. The molecule has 1 atom stereocenters. The number of hydrogen-bond donors (Lipinski definition) is 0. The third-order valence-electron chi connectivity index (χ3n) is 4.04. The molecule has 0 radical (unpaired) electrons. The van der Waals surface area contributed by atoms with Gasteiger partial charge in [0.25, 0.3) is 0 Å². The fourth-order valence-electron chi connectivity index (χ4n) is 2.81. The Balaban J connectivity index is 2.43. The van der Waals surface area contributed by atoms with Crippen molar-refractivity contribution in [1.29, 1.82) is 0 Å². The molecule has 0 heterocycles.